The molecule has 3 rings (SSSR count). The second-order valence-electron chi connectivity index (χ2n) is 6.06. The number of fused-ring (bicyclic) bond motifs is 1. The molecule has 0 bridgehead atoms. The number of aromatic nitrogens is 4. The van der Waals surface area contributed by atoms with Gasteiger partial charge in [-0.15, -0.1) is 5.10 Å². The highest BCUT2D eigenvalue weighted by atomic mass is 16.5. The molecule has 8 heteroatoms. The van der Waals surface area contributed by atoms with E-state index in [-0.39, 0.29) is 11.6 Å². The smallest absolute Gasteiger partial charge is 0.379 e. The number of aryl methyl sites for hydroxylation is 2. The van der Waals surface area contributed by atoms with Crippen LogP contribution in [0.2, 0.25) is 0 Å². The van der Waals surface area contributed by atoms with Crippen LogP contribution in [0.25, 0.3) is 5.78 Å². The number of Topliss-reactive ketones (excluding diaryl/α,β-unsaturated/α-hetero) is 1. The summed E-state index contributed by atoms with van der Waals surface area (Å²) >= 11 is 0. The number of carbonyl (C=O) groups is 2. The van der Waals surface area contributed by atoms with Crippen LogP contribution in [0.4, 0.5) is 0 Å². The number of esters is 1. The van der Waals surface area contributed by atoms with Gasteiger partial charge in [-0.1, -0.05) is 0 Å². The molecular weight excluding hydrogens is 348 g/mol. The van der Waals surface area contributed by atoms with E-state index in [1.54, 1.807) is 24.3 Å². The SMILES string of the molecule is CCOc1ccc(C(=O)[C@@H](C)OC(=O)c2nc3nc(C)cc(C)n3n2)cc1. The molecule has 1 aromatic carbocycles. The van der Waals surface area contributed by atoms with Crippen molar-refractivity contribution in [2.24, 2.45) is 0 Å². The van der Waals surface area contributed by atoms with E-state index in [4.69, 9.17) is 9.47 Å². The minimum absolute atomic E-state index is 0.137. The molecular formula is C19H20N4O4. The van der Waals surface area contributed by atoms with Gasteiger partial charge in [0.05, 0.1) is 6.61 Å². The molecule has 27 heavy (non-hydrogen) atoms. The molecule has 0 saturated carbocycles. The fourth-order valence-corrected chi connectivity index (χ4v) is 2.64. The lowest BCUT2D eigenvalue weighted by Gasteiger charge is -2.11. The number of nitrogens with zero attached hydrogens (tertiary/aromatic N) is 4. The van der Waals surface area contributed by atoms with Crippen molar-refractivity contribution in [3.8, 4) is 5.75 Å². The number of hydrogen-bond acceptors (Lipinski definition) is 7. The van der Waals surface area contributed by atoms with E-state index < -0.39 is 12.1 Å². The van der Waals surface area contributed by atoms with Crippen LogP contribution < -0.4 is 4.74 Å². The van der Waals surface area contributed by atoms with Gasteiger partial charge in [-0.25, -0.2) is 14.3 Å². The first-order valence-electron chi connectivity index (χ1n) is 8.58. The molecule has 0 fully saturated rings. The first kappa shape index (κ1) is 18.5. The Balaban J connectivity index is 1.73. The van der Waals surface area contributed by atoms with Gasteiger partial charge in [-0.05, 0) is 58.0 Å². The summed E-state index contributed by atoms with van der Waals surface area (Å²) < 4.78 is 12.1. The highest BCUT2D eigenvalue weighted by molar-refractivity contribution is 6.01. The largest absolute Gasteiger partial charge is 0.494 e. The maximum Gasteiger partial charge on any atom is 0.379 e. The molecule has 0 aliphatic rings. The Hall–Kier alpha value is -3.29. The summed E-state index contributed by atoms with van der Waals surface area (Å²) in [6.45, 7) is 7.61. The zero-order valence-corrected chi connectivity index (χ0v) is 15.6. The third-order valence-corrected chi connectivity index (χ3v) is 3.90. The maximum atomic E-state index is 12.5. The molecule has 0 spiro atoms. The molecule has 8 nitrogen and oxygen atoms in total. The number of rotatable bonds is 6. The molecule has 2 heterocycles. The van der Waals surface area contributed by atoms with Crippen LogP contribution in [0.15, 0.2) is 30.3 Å². The highest BCUT2D eigenvalue weighted by Gasteiger charge is 2.23. The summed E-state index contributed by atoms with van der Waals surface area (Å²) in [7, 11) is 0. The van der Waals surface area contributed by atoms with Gasteiger partial charge in [0.2, 0.25) is 5.78 Å². The third-order valence-electron chi connectivity index (χ3n) is 3.90. The summed E-state index contributed by atoms with van der Waals surface area (Å²) in [6, 6.07) is 8.50. The fourth-order valence-electron chi connectivity index (χ4n) is 2.64. The number of hydrogen-bond donors (Lipinski definition) is 0. The van der Waals surface area contributed by atoms with Crippen molar-refractivity contribution in [1.29, 1.82) is 0 Å². The Morgan fingerprint density at radius 1 is 1.15 bits per heavy atom. The van der Waals surface area contributed by atoms with E-state index in [0.29, 0.717) is 23.7 Å². The van der Waals surface area contributed by atoms with Crippen LogP contribution in [-0.2, 0) is 4.74 Å². The van der Waals surface area contributed by atoms with Gasteiger partial charge in [0.15, 0.2) is 6.10 Å². The predicted octanol–water partition coefficient (Wildman–Crippen LogP) is 2.57. The number of ether oxygens (including phenoxy) is 2. The van der Waals surface area contributed by atoms with Gasteiger partial charge in [0.1, 0.15) is 5.75 Å². The first-order chi connectivity index (χ1) is 12.9. The van der Waals surface area contributed by atoms with Gasteiger partial charge in [0, 0.05) is 17.0 Å². The van der Waals surface area contributed by atoms with E-state index in [1.807, 2.05) is 26.8 Å². The Labute approximate surface area is 156 Å². The highest BCUT2D eigenvalue weighted by Crippen LogP contribution is 2.15. The zero-order valence-electron chi connectivity index (χ0n) is 15.6. The van der Waals surface area contributed by atoms with E-state index >= 15 is 0 Å². The van der Waals surface area contributed by atoms with Gasteiger partial charge in [-0.3, -0.25) is 4.79 Å². The molecule has 140 valence electrons. The van der Waals surface area contributed by atoms with Crippen LogP contribution in [-0.4, -0.2) is 44.0 Å². The zero-order chi connectivity index (χ0) is 19.6. The molecule has 0 unspecified atom stereocenters. The normalized spacial score (nSPS) is 12.0. The molecule has 0 aliphatic heterocycles. The molecule has 0 radical (unpaired) electrons. The average molecular weight is 368 g/mol. The van der Waals surface area contributed by atoms with E-state index in [0.717, 1.165) is 11.4 Å². The van der Waals surface area contributed by atoms with Crippen molar-refractivity contribution in [3.63, 3.8) is 0 Å². The lowest BCUT2D eigenvalue weighted by Crippen LogP contribution is -2.25. The van der Waals surface area contributed by atoms with E-state index in [9.17, 15) is 9.59 Å². The van der Waals surface area contributed by atoms with Crippen molar-refractivity contribution in [2.45, 2.75) is 33.8 Å². The van der Waals surface area contributed by atoms with Crippen molar-refractivity contribution in [2.75, 3.05) is 6.61 Å². The van der Waals surface area contributed by atoms with Crippen LogP contribution in [0, 0.1) is 13.8 Å². The van der Waals surface area contributed by atoms with E-state index in [1.165, 1.54) is 11.4 Å². The summed E-state index contributed by atoms with van der Waals surface area (Å²) in [5.74, 6) is -0.247. The van der Waals surface area contributed by atoms with Gasteiger partial charge >= 0.3 is 5.97 Å². The fraction of sp³-hybridized carbons (Fsp3) is 0.316. The van der Waals surface area contributed by atoms with Crippen molar-refractivity contribution >= 4 is 17.5 Å². The van der Waals surface area contributed by atoms with Crippen LogP contribution in [0.3, 0.4) is 0 Å². The second kappa shape index (κ2) is 7.53. The van der Waals surface area contributed by atoms with Crippen molar-refractivity contribution < 1.29 is 19.1 Å². The molecule has 0 amide bonds. The Kier molecular flexibility index (Phi) is 5.16. The Bertz CT molecular complexity index is 995. The maximum absolute atomic E-state index is 12.5. The third kappa shape index (κ3) is 3.94. The van der Waals surface area contributed by atoms with E-state index in [2.05, 4.69) is 15.1 Å². The average Bonchev–Trinajstić information content (AvgIpc) is 3.06. The lowest BCUT2D eigenvalue weighted by atomic mass is 10.1. The Morgan fingerprint density at radius 3 is 2.52 bits per heavy atom. The number of benzene rings is 1. The summed E-state index contributed by atoms with van der Waals surface area (Å²) in [4.78, 5) is 33.1. The lowest BCUT2D eigenvalue weighted by molar-refractivity contribution is 0.0307. The standard InChI is InChI=1S/C19H20N4O4/c1-5-26-15-8-6-14(7-9-15)16(24)13(4)27-18(25)17-21-19-20-11(2)10-12(3)23(19)22-17/h6-10,13H,5H2,1-4H3/t13-/m1/s1. The van der Waals surface area contributed by atoms with Crippen LogP contribution in [0.1, 0.15) is 46.2 Å². The summed E-state index contributed by atoms with van der Waals surface area (Å²) in [5, 5.41) is 4.11. The van der Waals surface area contributed by atoms with Crippen LogP contribution >= 0.6 is 0 Å². The second-order valence-corrected chi connectivity index (χ2v) is 6.06. The molecule has 2 aromatic heterocycles. The molecule has 0 aliphatic carbocycles. The quantitative estimate of drug-likeness (QED) is 0.487. The topological polar surface area (TPSA) is 95.7 Å². The summed E-state index contributed by atoms with van der Waals surface area (Å²) in [5.41, 5.74) is 1.99. The van der Waals surface area contributed by atoms with Crippen molar-refractivity contribution in [1.82, 2.24) is 19.6 Å². The molecule has 0 saturated heterocycles. The van der Waals surface area contributed by atoms with Crippen LogP contribution in [0.5, 0.6) is 5.75 Å². The predicted molar refractivity (Wildman–Crippen MR) is 97.1 cm³/mol. The molecule has 3 aromatic rings. The monoisotopic (exact) mass is 368 g/mol. The van der Waals surface area contributed by atoms with Crippen molar-refractivity contribution in [3.05, 3.63) is 53.1 Å². The number of carbonyl (C=O) groups excluding carboxylic acids is 2. The molecule has 0 N–H and O–H groups in total. The number of ketones is 1. The summed E-state index contributed by atoms with van der Waals surface area (Å²) in [6.07, 6.45) is -0.974. The minimum Gasteiger partial charge on any atom is -0.494 e. The van der Waals surface area contributed by atoms with Gasteiger partial charge in [-0.2, -0.15) is 4.98 Å². The molecule has 1 atom stereocenters. The van der Waals surface area contributed by atoms with Gasteiger partial charge < -0.3 is 9.47 Å². The minimum atomic E-state index is -0.974. The Morgan fingerprint density at radius 2 is 1.85 bits per heavy atom. The first-order valence-corrected chi connectivity index (χ1v) is 8.58. The van der Waals surface area contributed by atoms with Gasteiger partial charge in [0.25, 0.3) is 11.6 Å².